The number of aryl methyl sites for hydroxylation is 1. The molecule has 0 saturated carbocycles. The molecule has 0 fully saturated rings. The van der Waals surface area contributed by atoms with Crippen LogP contribution in [-0.2, 0) is 22.4 Å². The molecular weight excluding hydrogens is 322 g/mol. The van der Waals surface area contributed by atoms with Crippen LogP contribution in [0, 0.1) is 0 Å². The van der Waals surface area contributed by atoms with Crippen LogP contribution in [0.2, 0.25) is 0 Å². The lowest BCUT2D eigenvalue weighted by atomic mass is 10.1. The molecule has 0 aliphatic rings. The molecule has 0 aliphatic carbocycles. The van der Waals surface area contributed by atoms with Crippen LogP contribution in [0.3, 0.4) is 0 Å². The second kappa shape index (κ2) is 9.88. The van der Waals surface area contributed by atoms with E-state index in [1.54, 1.807) is 11.3 Å². The third-order valence-corrected chi connectivity index (χ3v) is 4.76. The summed E-state index contributed by atoms with van der Waals surface area (Å²) in [5, 5.41) is 14.0. The first-order chi connectivity index (χ1) is 11.6. The summed E-state index contributed by atoms with van der Waals surface area (Å²) in [4.78, 5) is 24.7. The van der Waals surface area contributed by atoms with Crippen molar-refractivity contribution in [3.63, 3.8) is 0 Å². The van der Waals surface area contributed by atoms with Crippen molar-refractivity contribution in [1.82, 2.24) is 5.32 Å². The summed E-state index contributed by atoms with van der Waals surface area (Å²) >= 11 is 1.76. The van der Waals surface area contributed by atoms with Gasteiger partial charge in [-0.1, -0.05) is 42.8 Å². The number of rotatable bonds is 10. The molecule has 4 nitrogen and oxygen atoms in total. The quantitative estimate of drug-likeness (QED) is 0.646. The fraction of sp³-hybridized carbons (Fsp3) is 0.368. The Hall–Kier alpha value is -2.14. The van der Waals surface area contributed by atoms with Crippen molar-refractivity contribution in [2.75, 3.05) is 0 Å². The lowest BCUT2D eigenvalue weighted by molar-refractivity contribution is -0.141. The van der Waals surface area contributed by atoms with Gasteiger partial charge in [0.15, 0.2) is 0 Å². The van der Waals surface area contributed by atoms with Gasteiger partial charge in [-0.25, -0.2) is 4.79 Å². The van der Waals surface area contributed by atoms with E-state index in [1.807, 2.05) is 36.4 Å². The van der Waals surface area contributed by atoms with Gasteiger partial charge in [-0.2, -0.15) is 0 Å². The minimum Gasteiger partial charge on any atom is -0.480 e. The van der Waals surface area contributed by atoms with Crippen molar-refractivity contribution in [1.29, 1.82) is 0 Å². The maximum absolute atomic E-state index is 12.0. The molecular formula is C19H23NO3S. The van der Waals surface area contributed by atoms with Gasteiger partial charge in [0.1, 0.15) is 6.04 Å². The highest BCUT2D eigenvalue weighted by Gasteiger charge is 2.19. The average molecular weight is 345 g/mol. The van der Waals surface area contributed by atoms with E-state index in [4.69, 9.17) is 0 Å². The third-order valence-electron chi connectivity index (χ3n) is 3.82. The van der Waals surface area contributed by atoms with Gasteiger partial charge in [0.05, 0.1) is 0 Å². The number of hydrogen-bond acceptors (Lipinski definition) is 3. The van der Waals surface area contributed by atoms with E-state index in [9.17, 15) is 14.7 Å². The molecule has 2 N–H and O–H groups in total. The number of unbranched alkanes of at least 4 members (excludes halogenated alkanes) is 2. The Balaban J connectivity index is 1.67. The fourth-order valence-electron chi connectivity index (χ4n) is 2.53. The Labute approximate surface area is 146 Å². The zero-order valence-electron chi connectivity index (χ0n) is 13.6. The monoisotopic (exact) mass is 345 g/mol. The van der Waals surface area contributed by atoms with Crippen LogP contribution >= 0.6 is 11.3 Å². The Morgan fingerprint density at radius 1 is 1.04 bits per heavy atom. The number of amides is 1. The summed E-state index contributed by atoms with van der Waals surface area (Å²) in [5.74, 6) is -1.18. The summed E-state index contributed by atoms with van der Waals surface area (Å²) in [7, 11) is 0. The SMILES string of the molecule is O=C(CCCCCc1cccs1)N[C@@H](Cc1ccccc1)C(=O)O. The predicted molar refractivity (Wildman–Crippen MR) is 96.2 cm³/mol. The van der Waals surface area contributed by atoms with Crippen LogP contribution in [0.4, 0.5) is 0 Å². The normalized spacial score (nSPS) is 11.8. The third kappa shape index (κ3) is 6.54. The molecule has 0 aliphatic heterocycles. The van der Waals surface area contributed by atoms with Gasteiger partial charge < -0.3 is 10.4 Å². The molecule has 5 heteroatoms. The van der Waals surface area contributed by atoms with E-state index in [2.05, 4.69) is 16.8 Å². The van der Waals surface area contributed by atoms with Crippen molar-refractivity contribution in [3.05, 3.63) is 58.3 Å². The van der Waals surface area contributed by atoms with Gasteiger partial charge in [-0.15, -0.1) is 11.3 Å². The first-order valence-electron chi connectivity index (χ1n) is 8.23. The average Bonchev–Trinajstić information content (AvgIpc) is 3.08. The zero-order chi connectivity index (χ0) is 17.2. The van der Waals surface area contributed by atoms with Crippen molar-refractivity contribution >= 4 is 23.2 Å². The largest absolute Gasteiger partial charge is 0.480 e. The summed E-state index contributed by atoms with van der Waals surface area (Å²) in [6, 6.07) is 12.6. The number of carbonyl (C=O) groups excluding carboxylic acids is 1. The van der Waals surface area contributed by atoms with Crippen LogP contribution in [-0.4, -0.2) is 23.0 Å². The van der Waals surface area contributed by atoms with E-state index in [-0.39, 0.29) is 5.91 Å². The van der Waals surface area contributed by atoms with E-state index in [1.165, 1.54) is 4.88 Å². The topological polar surface area (TPSA) is 66.4 Å². The van der Waals surface area contributed by atoms with Gasteiger partial charge in [-0.05, 0) is 36.3 Å². The molecule has 0 bridgehead atoms. The number of carboxylic acids is 1. The first-order valence-corrected chi connectivity index (χ1v) is 9.11. The Morgan fingerprint density at radius 2 is 1.83 bits per heavy atom. The minimum absolute atomic E-state index is 0.186. The van der Waals surface area contributed by atoms with E-state index < -0.39 is 12.0 Å². The van der Waals surface area contributed by atoms with Gasteiger partial charge in [0, 0.05) is 17.7 Å². The van der Waals surface area contributed by atoms with Crippen molar-refractivity contribution < 1.29 is 14.7 Å². The Morgan fingerprint density at radius 3 is 2.50 bits per heavy atom. The first kappa shape index (κ1) is 18.2. The lowest BCUT2D eigenvalue weighted by Gasteiger charge is -2.14. The standard InChI is InChI=1S/C19H23NO3S/c21-18(12-6-2-5-10-16-11-7-13-24-16)20-17(19(22)23)14-15-8-3-1-4-9-15/h1,3-4,7-9,11,13,17H,2,5-6,10,12,14H2,(H,20,21)(H,22,23)/t17-/m0/s1. The van der Waals surface area contributed by atoms with Crippen LogP contribution in [0.1, 0.15) is 36.1 Å². The number of nitrogens with one attached hydrogen (secondary N) is 1. The molecule has 2 rings (SSSR count). The van der Waals surface area contributed by atoms with Crippen molar-refractivity contribution in [2.24, 2.45) is 0 Å². The van der Waals surface area contributed by atoms with Gasteiger partial charge >= 0.3 is 5.97 Å². The second-order valence-electron chi connectivity index (χ2n) is 5.79. The van der Waals surface area contributed by atoms with Crippen molar-refractivity contribution in [3.8, 4) is 0 Å². The molecule has 0 unspecified atom stereocenters. The van der Waals surface area contributed by atoms with Crippen LogP contribution in [0.25, 0.3) is 0 Å². The maximum Gasteiger partial charge on any atom is 0.326 e. The van der Waals surface area contributed by atoms with Crippen LogP contribution in [0.15, 0.2) is 47.8 Å². The van der Waals surface area contributed by atoms with Gasteiger partial charge in [0.2, 0.25) is 5.91 Å². The minimum atomic E-state index is -0.995. The number of carbonyl (C=O) groups is 2. The van der Waals surface area contributed by atoms with Crippen LogP contribution < -0.4 is 5.32 Å². The molecule has 1 amide bonds. The van der Waals surface area contributed by atoms with Gasteiger partial charge in [-0.3, -0.25) is 4.79 Å². The Bertz CT molecular complexity index is 625. The zero-order valence-corrected chi connectivity index (χ0v) is 14.4. The van der Waals surface area contributed by atoms with E-state index >= 15 is 0 Å². The molecule has 1 aromatic heterocycles. The van der Waals surface area contributed by atoms with E-state index in [0.29, 0.717) is 12.8 Å². The summed E-state index contributed by atoms with van der Waals surface area (Å²) in [5.41, 5.74) is 0.904. The number of hydrogen-bond donors (Lipinski definition) is 2. The maximum atomic E-state index is 12.0. The number of aliphatic carboxylic acids is 1. The molecule has 24 heavy (non-hydrogen) atoms. The fourth-order valence-corrected chi connectivity index (χ4v) is 3.28. The van der Waals surface area contributed by atoms with Crippen molar-refractivity contribution in [2.45, 2.75) is 44.6 Å². The Kier molecular flexibility index (Phi) is 7.49. The lowest BCUT2D eigenvalue weighted by Crippen LogP contribution is -2.42. The van der Waals surface area contributed by atoms with E-state index in [0.717, 1.165) is 31.2 Å². The highest BCUT2D eigenvalue weighted by molar-refractivity contribution is 7.09. The van der Waals surface area contributed by atoms with Crippen LogP contribution in [0.5, 0.6) is 0 Å². The highest BCUT2D eigenvalue weighted by atomic mass is 32.1. The number of benzene rings is 1. The summed E-state index contributed by atoms with van der Waals surface area (Å²) in [6.07, 6.45) is 4.55. The summed E-state index contributed by atoms with van der Waals surface area (Å²) < 4.78 is 0. The molecule has 128 valence electrons. The molecule has 0 spiro atoms. The molecule has 0 radical (unpaired) electrons. The number of thiophene rings is 1. The second-order valence-corrected chi connectivity index (χ2v) is 6.82. The smallest absolute Gasteiger partial charge is 0.326 e. The molecule has 2 aromatic rings. The van der Waals surface area contributed by atoms with Gasteiger partial charge in [0.25, 0.3) is 0 Å². The molecule has 1 aromatic carbocycles. The molecule has 0 saturated heterocycles. The highest BCUT2D eigenvalue weighted by Crippen LogP contribution is 2.13. The summed E-state index contributed by atoms with van der Waals surface area (Å²) in [6.45, 7) is 0. The molecule has 1 atom stereocenters. The predicted octanol–water partition coefficient (Wildman–Crippen LogP) is 3.66. The number of carboxylic acid groups (broad SMARTS) is 1. The molecule has 1 heterocycles.